The van der Waals surface area contributed by atoms with E-state index in [4.69, 9.17) is 5.73 Å². The molecule has 0 spiro atoms. The Morgan fingerprint density at radius 1 is 1.30 bits per heavy atom. The SMILES string of the molecule is CCn1ncc(N)c1C(=O)Nc1c(C)cc(C)cc1C. The zero-order chi connectivity index (χ0) is 14.9. The van der Waals surface area contributed by atoms with Crippen molar-refractivity contribution in [2.45, 2.75) is 34.2 Å². The molecule has 0 fully saturated rings. The maximum Gasteiger partial charge on any atom is 0.276 e. The van der Waals surface area contributed by atoms with Gasteiger partial charge in [0, 0.05) is 12.2 Å². The number of amides is 1. The molecule has 0 atom stereocenters. The summed E-state index contributed by atoms with van der Waals surface area (Å²) in [6, 6.07) is 4.09. The van der Waals surface area contributed by atoms with Crippen molar-refractivity contribution in [3.8, 4) is 0 Å². The molecular formula is C15H20N4O. The lowest BCUT2D eigenvalue weighted by Gasteiger charge is -2.13. The fourth-order valence-electron chi connectivity index (χ4n) is 2.44. The van der Waals surface area contributed by atoms with E-state index in [0.29, 0.717) is 17.9 Å². The second kappa shape index (κ2) is 5.36. The third kappa shape index (κ3) is 2.52. The zero-order valence-corrected chi connectivity index (χ0v) is 12.3. The van der Waals surface area contributed by atoms with E-state index >= 15 is 0 Å². The van der Waals surface area contributed by atoms with Gasteiger partial charge in [-0.2, -0.15) is 5.10 Å². The molecular weight excluding hydrogens is 252 g/mol. The van der Waals surface area contributed by atoms with Gasteiger partial charge in [0.1, 0.15) is 5.69 Å². The number of aromatic nitrogens is 2. The number of carbonyl (C=O) groups is 1. The molecule has 0 unspecified atom stereocenters. The van der Waals surface area contributed by atoms with Crippen molar-refractivity contribution < 1.29 is 4.79 Å². The molecule has 2 aromatic rings. The van der Waals surface area contributed by atoms with E-state index in [0.717, 1.165) is 16.8 Å². The minimum atomic E-state index is -0.225. The summed E-state index contributed by atoms with van der Waals surface area (Å²) in [7, 11) is 0. The molecule has 0 saturated heterocycles. The minimum absolute atomic E-state index is 0.225. The van der Waals surface area contributed by atoms with E-state index in [1.807, 2.05) is 39.8 Å². The number of hydrogen-bond donors (Lipinski definition) is 2. The Kier molecular flexibility index (Phi) is 3.79. The van der Waals surface area contributed by atoms with Crippen molar-refractivity contribution in [1.29, 1.82) is 0 Å². The van der Waals surface area contributed by atoms with Crippen LogP contribution in [-0.2, 0) is 6.54 Å². The summed E-state index contributed by atoms with van der Waals surface area (Å²) < 4.78 is 1.60. The highest BCUT2D eigenvalue weighted by atomic mass is 16.2. The van der Waals surface area contributed by atoms with Crippen LogP contribution in [0.3, 0.4) is 0 Å². The van der Waals surface area contributed by atoms with Crippen molar-refractivity contribution in [1.82, 2.24) is 9.78 Å². The lowest BCUT2D eigenvalue weighted by Crippen LogP contribution is -2.20. The molecule has 1 amide bonds. The molecule has 106 valence electrons. The van der Waals surface area contributed by atoms with Crippen molar-refractivity contribution in [3.63, 3.8) is 0 Å². The van der Waals surface area contributed by atoms with Crippen molar-refractivity contribution in [2.75, 3.05) is 11.1 Å². The number of nitrogen functional groups attached to an aromatic ring is 1. The summed E-state index contributed by atoms with van der Waals surface area (Å²) in [6.07, 6.45) is 1.51. The Hall–Kier alpha value is -2.30. The highest BCUT2D eigenvalue weighted by molar-refractivity contribution is 6.07. The standard InChI is InChI=1S/C15H20N4O/c1-5-19-14(12(16)8-17-19)15(20)18-13-10(3)6-9(2)7-11(13)4/h6-8H,5,16H2,1-4H3,(H,18,20). The summed E-state index contributed by atoms with van der Waals surface area (Å²) in [6.45, 7) is 8.53. The van der Waals surface area contributed by atoms with E-state index in [1.54, 1.807) is 4.68 Å². The van der Waals surface area contributed by atoms with Gasteiger partial charge in [-0.3, -0.25) is 9.48 Å². The Bertz CT molecular complexity index is 635. The van der Waals surface area contributed by atoms with Gasteiger partial charge in [-0.15, -0.1) is 0 Å². The van der Waals surface area contributed by atoms with Gasteiger partial charge < -0.3 is 11.1 Å². The minimum Gasteiger partial charge on any atom is -0.396 e. The number of rotatable bonds is 3. The predicted octanol–water partition coefficient (Wildman–Crippen LogP) is 2.66. The highest BCUT2D eigenvalue weighted by Crippen LogP contribution is 2.23. The Balaban J connectivity index is 2.35. The highest BCUT2D eigenvalue weighted by Gasteiger charge is 2.17. The molecule has 0 aliphatic rings. The first-order valence-electron chi connectivity index (χ1n) is 6.64. The number of nitrogens with zero attached hydrogens (tertiary/aromatic N) is 2. The number of nitrogens with one attached hydrogen (secondary N) is 1. The van der Waals surface area contributed by atoms with Gasteiger partial charge in [0.2, 0.25) is 0 Å². The summed E-state index contributed by atoms with van der Waals surface area (Å²) in [5, 5.41) is 7.03. The summed E-state index contributed by atoms with van der Waals surface area (Å²) in [4.78, 5) is 12.4. The number of carbonyl (C=O) groups excluding carboxylic acids is 1. The summed E-state index contributed by atoms with van der Waals surface area (Å²) in [5.41, 5.74) is 10.7. The van der Waals surface area contributed by atoms with Crippen LogP contribution in [0.1, 0.15) is 34.1 Å². The molecule has 0 saturated carbocycles. The molecule has 0 radical (unpaired) electrons. The fourth-order valence-corrected chi connectivity index (χ4v) is 2.44. The largest absolute Gasteiger partial charge is 0.396 e. The van der Waals surface area contributed by atoms with Gasteiger partial charge in [-0.1, -0.05) is 17.7 Å². The van der Waals surface area contributed by atoms with Crippen LogP contribution < -0.4 is 11.1 Å². The van der Waals surface area contributed by atoms with Gasteiger partial charge in [0.05, 0.1) is 11.9 Å². The van der Waals surface area contributed by atoms with Crippen LogP contribution in [0.15, 0.2) is 18.3 Å². The predicted molar refractivity (Wildman–Crippen MR) is 80.9 cm³/mol. The maximum absolute atomic E-state index is 12.4. The van der Waals surface area contributed by atoms with Crippen LogP contribution in [0, 0.1) is 20.8 Å². The molecule has 0 aliphatic carbocycles. The first-order chi connectivity index (χ1) is 9.43. The van der Waals surface area contributed by atoms with Crippen LogP contribution in [0.5, 0.6) is 0 Å². The van der Waals surface area contributed by atoms with Gasteiger partial charge in [-0.05, 0) is 38.8 Å². The summed E-state index contributed by atoms with van der Waals surface area (Å²) in [5.74, 6) is -0.225. The Labute approximate surface area is 118 Å². The third-order valence-electron chi connectivity index (χ3n) is 3.30. The van der Waals surface area contributed by atoms with Gasteiger partial charge in [0.15, 0.2) is 0 Å². The molecule has 1 aromatic heterocycles. The maximum atomic E-state index is 12.4. The molecule has 0 bridgehead atoms. The molecule has 0 aliphatic heterocycles. The fraction of sp³-hybridized carbons (Fsp3) is 0.333. The second-order valence-corrected chi connectivity index (χ2v) is 4.99. The quantitative estimate of drug-likeness (QED) is 0.902. The average Bonchev–Trinajstić information content (AvgIpc) is 2.74. The van der Waals surface area contributed by atoms with Crippen molar-refractivity contribution in [2.24, 2.45) is 0 Å². The Morgan fingerprint density at radius 2 is 1.90 bits per heavy atom. The Morgan fingerprint density at radius 3 is 2.45 bits per heavy atom. The van der Waals surface area contributed by atoms with Crippen LogP contribution in [0.25, 0.3) is 0 Å². The lowest BCUT2D eigenvalue weighted by molar-refractivity contribution is 0.101. The first kappa shape index (κ1) is 14.1. The number of benzene rings is 1. The van der Waals surface area contributed by atoms with Crippen LogP contribution in [-0.4, -0.2) is 15.7 Å². The zero-order valence-electron chi connectivity index (χ0n) is 12.3. The number of anilines is 2. The normalized spacial score (nSPS) is 10.6. The monoisotopic (exact) mass is 272 g/mol. The average molecular weight is 272 g/mol. The molecule has 1 aromatic carbocycles. The van der Waals surface area contributed by atoms with Crippen molar-refractivity contribution in [3.05, 3.63) is 40.7 Å². The van der Waals surface area contributed by atoms with Crippen molar-refractivity contribution >= 4 is 17.3 Å². The number of nitrogens with two attached hydrogens (primary N) is 1. The number of aryl methyl sites for hydroxylation is 4. The van der Waals surface area contributed by atoms with Crippen LogP contribution in [0.4, 0.5) is 11.4 Å². The molecule has 3 N–H and O–H groups in total. The third-order valence-corrected chi connectivity index (χ3v) is 3.30. The molecule has 1 heterocycles. The summed E-state index contributed by atoms with van der Waals surface area (Å²) >= 11 is 0. The van der Waals surface area contributed by atoms with E-state index in [-0.39, 0.29) is 5.91 Å². The molecule has 5 nitrogen and oxygen atoms in total. The molecule has 2 rings (SSSR count). The van der Waals surface area contributed by atoms with E-state index < -0.39 is 0 Å². The lowest BCUT2D eigenvalue weighted by atomic mass is 10.0. The van der Waals surface area contributed by atoms with Gasteiger partial charge in [0.25, 0.3) is 5.91 Å². The molecule has 5 heteroatoms. The second-order valence-electron chi connectivity index (χ2n) is 4.99. The van der Waals surface area contributed by atoms with E-state index in [9.17, 15) is 4.79 Å². The van der Waals surface area contributed by atoms with Gasteiger partial charge >= 0.3 is 0 Å². The van der Waals surface area contributed by atoms with Crippen LogP contribution >= 0.6 is 0 Å². The van der Waals surface area contributed by atoms with E-state index in [1.165, 1.54) is 11.8 Å². The van der Waals surface area contributed by atoms with E-state index in [2.05, 4.69) is 10.4 Å². The first-order valence-corrected chi connectivity index (χ1v) is 6.64. The topological polar surface area (TPSA) is 72.9 Å². The molecule has 20 heavy (non-hydrogen) atoms. The smallest absolute Gasteiger partial charge is 0.276 e. The number of hydrogen-bond acceptors (Lipinski definition) is 3. The van der Waals surface area contributed by atoms with Gasteiger partial charge in [-0.25, -0.2) is 0 Å². The van der Waals surface area contributed by atoms with Crippen LogP contribution in [0.2, 0.25) is 0 Å².